The van der Waals surface area contributed by atoms with Crippen LogP contribution in [0, 0.1) is 10.8 Å². The molecule has 2 aromatic rings. The fraction of sp³-hybridized carbons (Fsp3) is 0.235. The Morgan fingerprint density at radius 1 is 1.15 bits per heavy atom. The van der Waals surface area contributed by atoms with Gasteiger partial charge in [-0.05, 0) is 18.2 Å². The number of nitrogens with one attached hydrogen (secondary N) is 1. The molecule has 1 aromatic heterocycles. The lowest BCUT2D eigenvalue weighted by molar-refractivity contribution is 0.503. The number of rotatable bonds is 3. The maximum absolute atomic E-state index is 7.07. The molecule has 0 spiro atoms. The highest BCUT2D eigenvalue weighted by molar-refractivity contribution is 6.14. The highest BCUT2D eigenvalue weighted by Crippen LogP contribution is 2.28. The van der Waals surface area contributed by atoms with Crippen LogP contribution in [-0.4, -0.2) is 17.4 Å². The lowest BCUT2D eigenvalue weighted by Crippen LogP contribution is -2.08. The molecular weight excluding hydrogens is 246 g/mol. The summed E-state index contributed by atoms with van der Waals surface area (Å²) in [5.41, 5.74) is 2.68. The second kappa shape index (κ2) is 5.78. The second-order valence-electron chi connectivity index (χ2n) is 5.65. The summed E-state index contributed by atoms with van der Waals surface area (Å²) in [7, 11) is 0. The average Bonchev–Trinajstić information content (AvgIpc) is 2.42. The number of para-hydroxylation sites is 1. The van der Waals surface area contributed by atoms with Crippen LogP contribution >= 0.6 is 0 Å². The number of aliphatic imine (C=N–C) groups is 1. The maximum Gasteiger partial charge on any atom is 0.0709 e. The first-order chi connectivity index (χ1) is 9.50. The Morgan fingerprint density at radius 3 is 2.60 bits per heavy atom. The van der Waals surface area contributed by atoms with Crippen molar-refractivity contribution in [1.29, 1.82) is 5.41 Å². The molecule has 3 heteroatoms. The Kier molecular flexibility index (Phi) is 4.08. The topological polar surface area (TPSA) is 49.1 Å². The average molecular weight is 265 g/mol. The number of benzene rings is 1. The van der Waals surface area contributed by atoms with Gasteiger partial charge in [0.05, 0.1) is 11.2 Å². The van der Waals surface area contributed by atoms with E-state index < -0.39 is 0 Å². The smallest absolute Gasteiger partial charge is 0.0709 e. The van der Waals surface area contributed by atoms with Crippen molar-refractivity contribution in [3.63, 3.8) is 0 Å². The van der Waals surface area contributed by atoms with Gasteiger partial charge in [-0.15, -0.1) is 0 Å². The molecule has 0 amide bonds. The van der Waals surface area contributed by atoms with Crippen molar-refractivity contribution in [3.8, 4) is 0 Å². The predicted octanol–water partition coefficient (Wildman–Crippen LogP) is 4.34. The zero-order chi connectivity index (χ0) is 14.6. The third-order valence-corrected chi connectivity index (χ3v) is 2.96. The number of hydrogen-bond donors (Lipinski definition) is 1. The van der Waals surface area contributed by atoms with E-state index in [1.165, 1.54) is 12.4 Å². The lowest BCUT2D eigenvalue weighted by atomic mass is 9.91. The van der Waals surface area contributed by atoms with E-state index in [0.29, 0.717) is 0 Å². The highest BCUT2D eigenvalue weighted by atomic mass is 14.8. The van der Waals surface area contributed by atoms with Gasteiger partial charge in [0.25, 0.3) is 0 Å². The Hall–Kier alpha value is -2.29. The maximum atomic E-state index is 7.07. The molecule has 0 aliphatic carbocycles. The molecule has 3 nitrogen and oxygen atoms in total. The fourth-order valence-corrected chi connectivity index (χ4v) is 1.87. The monoisotopic (exact) mass is 265 g/mol. The van der Waals surface area contributed by atoms with Gasteiger partial charge in [0.15, 0.2) is 0 Å². The predicted molar refractivity (Wildman–Crippen MR) is 86.5 cm³/mol. The number of fused-ring (bicyclic) bond motifs is 1. The van der Waals surface area contributed by atoms with Crippen LogP contribution in [0.3, 0.4) is 0 Å². The number of allylic oxidation sites excluding steroid dienone is 1. The second-order valence-corrected chi connectivity index (χ2v) is 5.65. The lowest BCUT2D eigenvalue weighted by Gasteiger charge is -2.19. The molecule has 1 aromatic carbocycles. The van der Waals surface area contributed by atoms with Crippen molar-refractivity contribution in [2.45, 2.75) is 20.8 Å². The molecule has 0 saturated heterocycles. The summed E-state index contributed by atoms with van der Waals surface area (Å²) in [5.74, 6) is 0. The van der Waals surface area contributed by atoms with E-state index in [2.05, 4.69) is 36.8 Å². The van der Waals surface area contributed by atoms with Crippen LogP contribution in [-0.2, 0) is 0 Å². The third kappa shape index (κ3) is 3.38. The van der Waals surface area contributed by atoms with Crippen LogP contribution in [0.25, 0.3) is 17.0 Å². The summed E-state index contributed by atoms with van der Waals surface area (Å²) in [6, 6.07) is 12.1. The Balaban J connectivity index is 2.47. The molecule has 0 aliphatic heterocycles. The molecule has 1 heterocycles. The number of nitrogens with zero attached hydrogens (tertiary/aromatic N) is 2. The summed E-state index contributed by atoms with van der Waals surface area (Å²) in [5, 5.41) is 8.20. The summed E-state index contributed by atoms with van der Waals surface area (Å²) >= 11 is 0. The summed E-state index contributed by atoms with van der Waals surface area (Å²) in [6.45, 7) is 6.30. The van der Waals surface area contributed by atoms with Gasteiger partial charge in [-0.3, -0.25) is 4.99 Å². The summed E-state index contributed by atoms with van der Waals surface area (Å²) in [4.78, 5) is 8.97. The molecule has 0 atom stereocenters. The Bertz CT molecular complexity index is 676. The SMILES string of the molecule is CC(C)(C)C(=C/c1ccc2ccccc2n1)/N=C\C=N. The van der Waals surface area contributed by atoms with Gasteiger partial charge in [0, 0.05) is 28.9 Å². The first-order valence-electron chi connectivity index (χ1n) is 6.62. The van der Waals surface area contributed by atoms with Crippen LogP contribution in [0.15, 0.2) is 47.1 Å². The van der Waals surface area contributed by atoms with Crippen molar-refractivity contribution in [2.24, 2.45) is 10.4 Å². The molecule has 1 N–H and O–H groups in total. The third-order valence-electron chi connectivity index (χ3n) is 2.96. The van der Waals surface area contributed by atoms with Gasteiger partial charge in [-0.1, -0.05) is 45.0 Å². The van der Waals surface area contributed by atoms with Crippen LogP contribution in [0.1, 0.15) is 26.5 Å². The number of hydrogen-bond acceptors (Lipinski definition) is 3. The van der Waals surface area contributed by atoms with Crippen molar-refractivity contribution in [2.75, 3.05) is 0 Å². The van der Waals surface area contributed by atoms with E-state index in [0.717, 1.165) is 22.3 Å². The van der Waals surface area contributed by atoms with Gasteiger partial charge >= 0.3 is 0 Å². The molecule has 102 valence electrons. The van der Waals surface area contributed by atoms with Crippen LogP contribution in [0.2, 0.25) is 0 Å². The molecule has 0 unspecified atom stereocenters. The van der Waals surface area contributed by atoms with Crippen LogP contribution in [0.5, 0.6) is 0 Å². The number of aromatic nitrogens is 1. The zero-order valence-electron chi connectivity index (χ0n) is 12.1. The molecular formula is C17H19N3. The summed E-state index contributed by atoms with van der Waals surface area (Å²) in [6.07, 6.45) is 4.66. The first kappa shape index (κ1) is 14.1. The van der Waals surface area contributed by atoms with Crippen molar-refractivity contribution in [3.05, 3.63) is 47.8 Å². The molecule has 0 bridgehead atoms. The standard InChI is InChI=1S/C17H19N3/c1-17(2,3)16(19-11-10-18)12-14-9-8-13-6-4-5-7-15(13)20-14/h4-12,18H,1-3H3/b16-12-,18-10?,19-11-. The van der Waals surface area contributed by atoms with E-state index in [1.54, 1.807) is 0 Å². The van der Waals surface area contributed by atoms with Crippen molar-refractivity contribution < 1.29 is 0 Å². The summed E-state index contributed by atoms with van der Waals surface area (Å²) < 4.78 is 0. The van der Waals surface area contributed by atoms with Crippen molar-refractivity contribution in [1.82, 2.24) is 4.98 Å². The molecule has 0 aliphatic rings. The van der Waals surface area contributed by atoms with Gasteiger partial charge in [0.1, 0.15) is 0 Å². The Morgan fingerprint density at radius 2 is 1.90 bits per heavy atom. The van der Waals surface area contributed by atoms with E-state index in [1.807, 2.05) is 36.4 Å². The molecule has 0 fully saturated rings. The first-order valence-corrected chi connectivity index (χ1v) is 6.62. The van der Waals surface area contributed by atoms with Crippen molar-refractivity contribution >= 4 is 29.4 Å². The van der Waals surface area contributed by atoms with Gasteiger partial charge < -0.3 is 5.41 Å². The minimum atomic E-state index is -0.0904. The van der Waals surface area contributed by atoms with E-state index >= 15 is 0 Å². The quantitative estimate of drug-likeness (QED) is 0.824. The van der Waals surface area contributed by atoms with E-state index in [9.17, 15) is 0 Å². The van der Waals surface area contributed by atoms with Gasteiger partial charge in [0.2, 0.25) is 0 Å². The minimum absolute atomic E-state index is 0.0904. The molecule has 2 rings (SSSR count). The Labute approximate surface area is 119 Å². The highest BCUT2D eigenvalue weighted by Gasteiger charge is 2.16. The molecule has 0 saturated carbocycles. The largest absolute Gasteiger partial charge is 0.307 e. The molecule has 20 heavy (non-hydrogen) atoms. The van der Waals surface area contributed by atoms with Crippen LogP contribution < -0.4 is 0 Å². The normalized spacial score (nSPS) is 13.1. The zero-order valence-corrected chi connectivity index (χ0v) is 12.1. The number of pyridine rings is 1. The fourth-order valence-electron chi connectivity index (χ4n) is 1.87. The van der Waals surface area contributed by atoms with Gasteiger partial charge in [-0.25, -0.2) is 4.98 Å². The van der Waals surface area contributed by atoms with Crippen LogP contribution in [0.4, 0.5) is 0 Å². The van der Waals surface area contributed by atoms with Gasteiger partial charge in [-0.2, -0.15) is 0 Å². The molecule has 0 radical (unpaired) electrons. The van der Waals surface area contributed by atoms with E-state index in [4.69, 9.17) is 5.41 Å². The minimum Gasteiger partial charge on any atom is -0.307 e. The van der Waals surface area contributed by atoms with E-state index in [-0.39, 0.29) is 5.41 Å².